The second-order valence-corrected chi connectivity index (χ2v) is 4.49. The van der Waals surface area contributed by atoms with Gasteiger partial charge in [0.2, 0.25) is 0 Å². The van der Waals surface area contributed by atoms with Crippen LogP contribution >= 0.6 is 0 Å². The van der Waals surface area contributed by atoms with Crippen LogP contribution in [-0.2, 0) is 4.74 Å². The van der Waals surface area contributed by atoms with Crippen molar-refractivity contribution >= 4 is 11.7 Å². The average Bonchev–Trinajstić information content (AvgIpc) is 2.45. The number of benzene rings is 1. The Kier molecular flexibility index (Phi) is 7.04. The molecule has 2 N–H and O–H groups in total. The van der Waals surface area contributed by atoms with Crippen LogP contribution in [0.3, 0.4) is 0 Å². The molecular formula is C14H20F2N2O3. The maximum atomic E-state index is 12.4. The Morgan fingerprint density at radius 1 is 1.48 bits per heavy atom. The van der Waals surface area contributed by atoms with Crippen LogP contribution < -0.4 is 5.32 Å². The van der Waals surface area contributed by atoms with Gasteiger partial charge in [-0.25, -0.2) is 13.6 Å². The van der Waals surface area contributed by atoms with Crippen molar-refractivity contribution in [1.29, 1.82) is 0 Å². The molecule has 0 aromatic heterocycles. The molecule has 0 saturated carbocycles. The molecule has 0 aliphatic rings. The van der Waals surface area contributed by atoms with Gasteiger partial charge in [0.15, 0.2) is 0 Å². The van der Waals surface area contributed by atoms with Crippen LogP contribution in [0, 0.1) is 0 Å². The SMILES string of the molecule is CO[C@@H](C)c1cccc(NC(=O)N(CCO)CC(F)F)c1. The van der Waals surface area contributed by atoms with Gasteiger partial charge in [-0.05, 0) is 24.6 Å². The molecule has 0 spiro atoms. The number of rotatable bonds is 7. The van der Waals surface area contributed by atoms with Gasteiger partial charge < -0.3 is 20.1 Å². The van der Waals surface area contributed by atoms with E-state index in [-0.39, 0.29) is 19.3 Å². The number of hydrogen-bond acceptors (Lipinski definition) is 3. The van der Waals surface area contributed by atoms with Gasteiger partial charge in [0.1, 0.15) is 0 Å². The van der Waals surface area contributed by atoms with Crippen LogP contribution in [0.5, 0.6) is 0 Å². The zero-order valence-electron chi connectivity index (χ0n) is 12.1. The van der Waals surface area contributed by atoms with E-state index in [2.05, 4.69) is 5.32 Å². The Morgan fingerprint density at radius 3 is 2.76 bits per heavy atom. The van der Waals surface area contributed by atoms with E-state index in [1.165, 1.54) is 0 Å². The van der Waals surface area contributed by atoms with Crippen molar-refractivity contribution in [3.63, 3.8) is 0 Å². The van der Waals surface area contributed by atoms with Crippen LogP contribution in [0.1, 0.15) is 18.6 Å². The Labute approximate surface area is 122 Å². The van der Waals surface area contributed by atoms with Gasteiger partial charge in [0.25, 0.3) is 6.43 Å². The highest BCUT2D eigenvalue weighted by Crippen LogP contribution is 2.19. The minimum atomic E-state index is -2.65. The number of aliphatic hydroxyl groups excluding tert-OH is 1. The minimum absolute atomic E-state index is 0.142. The fraction of sp³-hybridized carbons (Fsp3) is 0.500. The van der Waals surface area contributed by atoms with Gasteiger partial charge in [0.05, 0.1) is 19.3 Å². The Hall–Kier alpha value is -1.73. The molecule has 0 aliphatic heterocycles. The maximum Gasteiger partial charge on any atom is 0.322 e. The molecule has 0 fully saturated rings. The standard InChI is InChI=1S/C14H20F2N2O3/c1-10(21-2)11-4-3-5-12(8-11)17-14(20)18(6-7-19)9-13(15)16/h3-5,8,10,13,19H,6-7,9H2,1-2H3,(H,17,20)/t10-/m0/s1. The third-order valence-corrected chi connectivity index (χ3v) is 2.98. The van der Waals surface area contributed by atoms with Crippen LogP contribution in [0.4, 0.5) is 19.3 Å². The highest BCUT2D eigenvalue weighted by molar-refractivity contribution is 5.89. The first-order valence-electron chi connectivity index (χ1n) is 6.55. The zero-order chi connectivity index (χ0) is 15.8. The van der Waals surface area contributed by atoms with Gasteiger partial charge in [0, 0.05) is 19.3 Å². The summed E-state index contributed by atoms with van der Waals surface area (Å²) in [5.41, 5.74) is 1.34. The van der Waals surface area contributed by atoms with Gasteiger partial charge in [-0.1, -0.05) is 12.1 Å². The molecule has 1 atom stereocenters. The van der Waals surface area contributed by atoms with Gasteiger partial charge in [-0.15, -0.1) is 0 Å². The summed E-state index contributed by atoms with van der Waals surface area (Å²) < 4.78 is 30.0. The zero-order valence-corrected chi connectivity index (χ0v) is 12.1. The lowest BCUT2D eigenvalue weighted by Crippen LogP contribution is -2.40. The van der Waals surface area contributed by atoms with Crippen molar-refractivity contribution in [2.24, 2.45) is 0 Å². The number of alkyl halides is 2. The molecule has 5 nitrogen and oxygen atoms in total. The molecule has 7 heteroatoms. The van der Waals surface area contributed by atoms with Crippen molar-refractivity contribution in [3.05, 3.63) is 29.8 Å². The largest absolute Gasteiger partial charge is 0.395 e. The number of urea groups is 1. The molecule has 0 radical (unpaired) electrons. The van der Waals surface area contributed by atoms with Crippen LogP contribution in [0.2, 0.25) is 0 Å². The second kappa shape index (κ2) is 8.53. The summed E-state index contributed by atoms with van der Waals surface area (Å²) in [7, 11) is 1.57. The van der Waals surface area contributed by atoms with Gasteiger partial charge in [-0.2, -0.15) is 0 Å². The normalized spacial score (nSPS) is 12.3. The summed E-state index contributed by atoms with van der Waals surface area (Å²) in [6.07, 6.45) is -2.79. The van der Waals surface area contributed by atoms with Crippen molar-refractivity contribution in [1.82, 2.24) is 4.90 Å². The highest BCUT2D eigenvalue weighted by Gasteiger charge is 2.18. The summed E-state index contributed by atoms with van der Waals surface area (Å²) in [5.74, 6) is 0. The number of ether oxygens (including phenoxy) is 1. The molecule has 0 heterocycles. The molecule has 118 valence electrons. The molecular weight excluding hydrogens is 282 g/mol. The van der Waals surface area contributed by atoms with Crippen molar-refractivity contribution in [3.8, 4) is 0 Å². The van der Waals surface area contributed by atoms with Crippen molar-refractivity contribution in [2.75, 3.05) is 32.1 Å². The first-order chi connectivity index (χ1) is 9.97. The number of nitrogens with zero attached hydrogens (tertiary/aromatic N) is 1. The van der Waals surface area contributed by atoms with Crippen LogP contribution in [0.25, 0.3) is 0 Å². The fourth-order valence-electron chi connectivity index (χ4n) is 1.77. The molecule has 0 unspecified atom stereocenters. The molecule has 1 aromatic rings. The van der Waals surface area contributed by atoms with E-state index in [1.807, 2.05) is 13.0 Å². The monoisotopic (exact) mass is 302 g/mol. The third-order valence-electron chi connectivity index (χ3n) is 2.98. The number of halogens is 2. The number of anilines is 1. The topological polar surface area (TPSA) is 61.8 Å². The van der Waals surface area contributed by atoms with E-state index in [0.29, 0.717) is 5.69 Å². The molecule has 2 amide bonds. The quantitative estimate of drug-likeness (QED) is 0.813. The predicted octanol–water partition coefficient (Wildman–Crippen LogP) is 2.49. The third kappa shape index (κ3) is 5.65. The lowest BCUT2D eigenvalue weighted by molar-refractivity contribution is 0.0943. The number of carbonyl (C=O) groups excluding carboxylic acids is 1. The van der Waals surface area contributed by atoms with Crippen molar-refractivity contribution < 1.29 is 23.4 Å². The van der Waals surface area contributed by atoms with E-state index in [1.54, 1.807) is 25.3 Å². The number of methoxy groups -OCH3 is 1. The number of amides is 2. The summed E-state index contributed by atoms with van der Waals surface area (Å²) in [5, 5.41) is 11.4. The lowest BCUT2D eigenvalue weighted by atomic mass is 10.1. The average molecular weight is 302 g/mol. The predicted molar refractivity (Wildman–Crippen MR) is 75.5 cm³/mol. The van der Waals surface area contributed by atoms with E-state index < -0.39 is 19.0 Å². The first kappa shape index (κ1) is 17.3. The van der Waals surface area contributed by atoms with Crippen molar-refractivity contribution in [2.45, 2.75) is 19.5 Å². The maximum absolute atomic E-state index is 12.4. The van der Waals surface area contributed by atoms with E-state index in [4.69, 9.17) is 9.84 Å². The number of aliphatic hydroxyl groups is 1. The molecule has 0 aliphatic carbocycles. The summed E-state index contributed by atoms with van der Waals surface area (Å²) in [6, 6.07) is 6.28. The van der Waals surface area contributed by atoms with E-state index in [9.17, 15) is 13.6 Å². The Morgan fingerprint density at radius 2 is 2.19 bits per heavy atom. The van der Waals surface area contributed by atoms with Gasteiger partial charge in [-0.3, -0.25) is 0 Å². The smallest absolute Gasteiger partial charge is 0.322 e. The van der Waals surface area contributed by atoms with E-state index >= 15 is 0 Å². The Balaban J connectivity index is 2.76. The van der Waals surface area contributed by atoms with Crippen LogP contribution in [-0.4, -0.2) is 49.3 Å². The number of hydrogen-bond donors (Lipinski definition) is 2. The van der Waals surface area contributed by atoms with Crippen LogP contribution in [0.15, 0.2) is 24.3 Å². The second-order valence-electron chi connectivity index (χ2n) is 4.49. The molecule has 1 rings (SSSR count). The fourth-order valence-corrected chi connectivity index (χ4v) is 1.77. The molecule has 0 bridgehead atoms. The summed E-state index contributed by atoms with van der Waals surface area (Å²) >= 11 is 0. The molecule has 1 aromatic carbocycles. The number of nitrogens with one attached hydrogen (secondary N) is 1. The first-order valence-corrected chi connectivity index (χ1v) is 6.55. The Bertz CT molecular complexity index is 458. The minimum Gasteiger partial charge on any atom is -0.395 e. The summed E-state index contributed by atoms with van der Waals surface area (Å²) in [6.45, 7) is 0.613. The lowest BCUT2D eigenvalue weighted by Gasteiger charge is -2.22. The van der Waals surface area contributed by atoms with Gasteiger partial charge >= 0.3 is 6.03 Å². The molecule has 0 saturated heterocycles. The highest BCUT2D eigenvalue weighted by atomic mass is 19.3. The molecule has 21 heavy (non-hydrogen) atoms. The van der Waals surface area contributed by atoms with E-state index in [0.717, 1.165) is 10.5 Å². The number of carbonyl (C=O) groups is 1. The summed E-state index contributed by atoms with van der Waals surface area (Å²) in [4.78, 5) is 12.8.